The van der Waals surface area contributed by atoms with Gasteiger partial charge in [-0.1, -0.05) is 6.92 Å². The Hall–Kier alpha value is -1.63. The normalized spacial score (nSPS) is 10.0. The van der Waals surface area contributed by atoms with Crippen molar-refractivity contribution in [1.29, 1.82) is 0 Å². The number of pyridine rings is 1. The fraction of sp³-hybridized carbons (Fsp3) is 0.300. The van der Waals surface area contributed by atoms with Crippen molar-refractivity contribution in [3.63, 3.8) is 0 Å². The van der Waals surface area contributed by atoms with E-state index in [0.717, 1.165) is 0 Å². The zero-order valence-electron chi connectivity index (χ0n) is 9.04. The quantitative estimate of drug-likeness (QED) is 0.755. The van der Waals surface area contributed by atoms with Gasteiger partial charge in [-0.05, 0) is 28.4 Å². The van der Waals surface area contributed by atoms with E-state index in [4.69, 9.17) is 5.11 Å². The molecule has 0 aliphatic heterocycles. The van der Waals surface area contributed by atoms with Gasteiger partial charge in [0.15, 0.2) is 0 Å². The molecule has 0 unspecified atom stereocenters. The fourth-order valence-corrected chi connectivity index (χ4v) is 1.83. The summed E-state index contributed by atoms with van der Waals surface area (Å²) in [7, 11) is 0. The molecule has 0 aromatic carbocycles. The standard InChI is InChI=1S/C10H11BrN2O4/c1-2-7-6(11)3-5(10(17)13-7)9(16)12-4-8(14)15/h3H,2,4H2,1H3,(H,12,16)(H,13,17)(H,14,15). The molecule has 6 nitrogen and oxygen atoms in total. The number of hydrogen-bond donors (Lipinski definition) is 3. The molecule has 0 saturated carbocycles. The van der Waals surface area contributed by atoms with Crippen molar-refractivity contribution in [3.8, 4) is 0 Å². The molecule has 0 saturated heterocycles. The van der Waals surface area contributed by atoms with Crippen LogP contribution in [-0.2, 0) is 11.2 Å². The number of H-pyrrole nitrogens is 1. The largest absolute Gasteiger partial charge is 0.480 e. The number of aryl methyl sites for hydroxylation is 1. The predicted molar refractivity (Wildman–Crippen MR) is 64.1 cm³/mol. The summed E-state index contributed by atoms with van der Waals surface area (Å²) in [6.07, 6.45) is 0.618. The lowest BCUT2D eigenvalue weighted by Gasteiger charge is -2.05. The summed E-state index contributed by atoms with van der Waals surface area (Å²) in [5, 5.41) is 10.5. The summed E-state index contributed by atoms with van der Waals surface area (Å²) in [6, 6.07) is 1.38. The second kappa shape index (κ2) is 5.62. The van der Waals surface area contributed by atoms with Crippen LogP contribution in [0.2, 0.25) is 0 Å². The van der Waals surface area contributed by atoms with Crippen LogP contribution in [0.1, 0.15) is 23.0 Å². The zero-order chi connectivity index (χ0) is 13.0. The molecule has 0 fully saturated rings. The van der Waals surface area contributed by atoms with E-state index in [1.54, 1.807) is 0 Å². The first-order valence-corrected chi connectivity index (χ1v) is 5.66. The van der Waals surface area contributed by atoms with Crippen molar-refractivity contribution in [2.45, 2.75) is 13.3 Å². The lowest BCUT2D eigenvalue weighted by Crippen LogP contribution is -2.33. The van der Waals surface area contributed by atoms with E-state index in [2.05, 4.69) is 26.2 Å². The van der Waals surface area contributed by atoms with Crippen LogP contribution in [0.3, 0.4) is 0 Å². The number of aromatic nitrogens is 1. The molecule has 0 aliphatic rings. The highest BCUT2D eigenvalue weighted by Gasteiger charge is 2.13. The average Bonchev–Trinajstić information content (AvgIpc) is 2.28. The number of carboxylic acids is 1. The van der Waals surface area contributed by atoms with Gasteiger partial charge in [0.25, 0.3) is 11.5 Å². The molecule has 1 aromatic rings. The molecule has 1 rings (SSSR count). The van der Waals surface area contributed by atoms with Gasteiger partial charge in [-0.3, -0.25) is 14.4 Å². The minimum atomic E-state index is -1.17. The Morgan fingerprint density at radius 3 is 2.71 bits per heavy atom. The number of aliphatic carboxylic acids is 1. The second-order valence-electron chi connectivity index (χ2n) is 3.27. The number of hydrogen-bond acceptors (Lipinski definition) is 3. The predicted octanol–water partition coefficient (Wildman–Crippen LogP) is 0.514. The molecule has 7 heteroatoms. The van der Waals surface area contributed by atoms with Crippen LogP contribution in [0.4, 0.5) is 0 Å². The van der Waals surface area contributed by atoms with E-state index in [9.17, 15) is 14.4 Å². The highest BCUT2D eigenvalue weighted by Crippen LogP contribution is 2.14. The first-order valence-electron chi connectivity index (χ1n) is 4.87. The molecular formula is C10H11BrN2O4. The van der Waals surface area contributed by atoms with E-state index >= 15 is 0 Å². The maximum Gasteiger partial charge on any atom is 0.322 e. The van der Waals surface area contributed by atoms with Crippen molar-refractivity contribution in [2.24, 2.45) is 0 Å². The molecule has 92 valence electrons. The summed E-state index contributed by atoms with van der Waals surface area (Å²) in [5.41, 5.74) is 0.0352. The van der Waals surface area contributed by atoms with E-state index in [1.807, 2.05) is 6.92 Å². The number of aromatic amines is 1. The Balaban J connectivity index is 2.99. The summed E-state index contributed by atoms with van der Waals surface area (Å²) < 4.78 is 0.611. The SMILES string of the molecule is CCc1[nH]c(=O)c(C(=O)NCC(=O)O)cc1Br. The lowest BCUT2D eigenvalue weighted by atomic mass is 10.2. The van der Waals surface area contributed by atoms with Crippen molar-refractivity contribution in [1.82, 2.24) is 10.3 Å². The Kier molecular flexibility index (Phi) is 4.45. The van der Waals surface area contributed by atoms with E-state index < -0.39 is 24.0 Å². The fourth-order valence-electron chi connectivity index (χ4n) is 1.22. The van der Waals surface area contributed by atoms with Crippen molar-refractivity contribution < 1.29 is 14.7 Å². The van der Waals surface area contributed by atoms with Gasteiger partial charge in [-0.2, -0.15) is 0 Å². The van der Waals surface area contributed by atoms with Gasteiger partial charge < -0.3 is 15.4 Å². The van der Waals surface area contributed by atoms with Gasteiger partial charge in [0.1, 0.15) is 12.1 Å². The monoisotopic (exact) mass is 302 g/mol. The molecule has 1 heterocycles. The van der Waals surface area contributed by atoms with Gasteiger partial charge in [0, 0.05) is 10.2 Å². The van der Waals surface area contributed by atoms with Crippen molar-refractivity contribution in [3.05, 3.63) is 32.2 Å². The number of amides is 1. The van der Waals surface area contributed by atoms with Crippen LogP contribution < -0.4 is 10.9 Å². The Morgan fingerprint density at radius 1 is 1.53 bits per heavy atom. The van der Waals surface area contributed by atoms with E-state index in [-0.39, 0.29) is 5.56 Å². The highest BCUT2D eigenvalue weighted by atomic mass is 79.9. The molecule has 3 N–H and O–H groups in total. The molecule has 0 bridgehead atoms. The molecule has 0 radical (unpaired) electrons. The van der Waals surface area contributed by atoms with Crippen LogP contribution in [0.25, 0.3) is 0 Å². The zero-order valence-corrected chi connectivity index (χ0v) is 10.6. The molecule has 0 aliphatic carbocycles. The maximum absolute atomic E-state index is 11.6. The summed E-state index contributed by atoms with van der Waals surface area (Å²) >= 11 is 3.22. The minimum Gasteiger partial charge on any atom is -0.480 e. The minimum absolute atomic E-state index is 0.115. The molecule has 1 amide bonds. The smallest absolute Gasteiger partial charge is 0.322 e. The van der Waals surface area contributed by atoms with Gasteiger partial charge in [0.05, 0.1) is 0 Å². The molecule has 0 spiro atoms. The van der Waals surface area contributed by atoms with Gasteiger partial charge in [0.2, 0.25) is 0 Å². The third-order valence-corrected chi connectivity index (χ3v) is 2.77. The first kappa shape index (κ1) is 13.4. The maximum atomic E-state index is 11.6. The number of carboxylic acid groups (broad SMARTS) is 1. The Labute approximate surface area is 105 Å². The summed E-state index contributed by atoms with van der Waals surface area (Å²) in [4.78, 5) is 35.9. The Morgan fingerprint density at radius 2 is 2.18 bits per heavy atom. The van der Waals surface area contributed by atoms with Crippen LogP contribution in [0.5, 0.6) is 0 Å². The lowest BCUT2D eigenvalue weighted by molar-refractivity contribution is -0.135. The van der Waals surface area contributed by atoms with E-state index in [1.165, 1.54) is 6.07 Å². The number of nitrogens with one attached hydrogen (secondary N) is 2. The second-order valence-corrected chi connectivity index (χ2v) is 4.12. The Bertz CT molecular complexity index is 510. The van der Waals surface area contributed by atoms with E-state index in [0.29, 0.717) is 16.6 Å². The third-order valence-electron chi connectivity index (χ3n) is 2.07. The number of carbonyl (C=O) groups is 2. The summed E-state index contributed by atoms with van der Waals surface area (Å²) in [6.45, 7) is 1.34. The molecule has 1 aromatic heterocycles. The van der Waals surface area contributed by atoms with Gasteiger partial charge in [-0.15, -0.1) is 0 Å². The topological polar surface area (TPSA) is 99.3 Å². The van der Waals surface area contributed by atoms with Gasteiger partial charge >= 0.3 is 5.97 Å². The molecule has 0 atom stereocenters. The molecule has 17 heavy (non-hydrogen) atoms. The average molecular weight is 303 g/mol. The van der Waals surface area contributed by atoms with Crippen LogP contribution in [0, 0.1) is 0 Å². The van der Waals surface area contributed by atoms with Crippen LogP contribution in [-0.4, -0.2) is 28.5 Å². The van der Waals surface area contributed by atoms with Crippen LogP contribution in [0.15, 0.2) is 15.3 Å². The van der Waals surface area contributed by atoms with Gasteiger partial charge in [-0.25, -0.2) is 0 Å². The van der Waals surface area contributed by atoms with Crippen molar-refractivity contribution in [2.75, 3.05) is 6.54 Å². The molecular weight excluding hydrogens is 292 g/mol. The van der Waals surface area contributed by atoms with Crippen molar-refractivity contribution >= 4 is 27.8 Å². The first-order chi connectivity index (χ1) is 7.95. The number of rotatable bonds is 4. The highest BCUT2D eigenvalue weighted by molar-refractivity contribution is 9.10. The van der Waals surface area contributed by atoms with Crippen LogP contribution >= 0.6 is 15.9 Å². The number of halogens is 1. The third kappa shape index (κ3) is 3.42. The number of carbonyl (C=O) groups excluding carboxylic acids is 1. The summed E-state index contributed by atoms with van der Waals surface area (Å²) in [5.74, 6) is -1.88.